The van der Waals surface area contributed by atoms with Gasteiger partial charge in [0, 0.05) is 25.9 Å². The quantitative estimate of drug-likeness (QED) is 0.408. The van der Waals surface area contributed by atoms with Gasteiger partial charge in [-0.1, -0.05) is 47.7 Å². The lowest BCUT2D eigenvalue weighted by Gasteiger charge is -2.31. The molecule has 0 spiro atoms. The number of hydrogen-bond acceptors (Lipinski definition) is 4. The Bertz CT molecular complexity index is 1100. The average molecular weight is 405 g/mol. The first-order valence-corrected chi connectivity index (χ1v) is 10.7. The lowest BCUT2D eigenvalue weighted by atomic mass is 10.1. The summed E-state index contributed by atoms with van der Waals surface area (Å²) in [4.78, 5) is 7.25. The van der Waals surface area contributed by atoms with Crippen LogP contribution in [0.4, 0.5) is 9.52 Å². The number of ether oxygens (including phenoxy) is 1. The molecule has 4 aromatic rings. The van der Waals surface area contributed by atoms with Crippen LogP contribution in [0.25, 0.3) is 21.3 Å². The Morgan fingerprint density at radius 2 is 1.66 bits per heavy atom. The number of halogens is 1. The van der Waals surface area contributed by atoms with Gasteiger partial charge in [0.15, 0.2) is 5.13 Å². The van der Waals surface area contributed by atoms with E-state index in [2.05, 4.69) is 47.4 Å². The summed E-state index contributed by atoms with van der Waals surface area (Å²) in [5.41, 5.74) is 3.46. The molecular formula is C24H21FN2OS. The zero-order valence-corrected chi connectivity index (χ0v) is 16.7. The molecule has 0 unspecified atom stereocenters. The van der Waals surface area contributed by atoms with Gasteiger partial charge in [0.25, 0.3) is 0 Å². The first-order chi connectivity index (χ1) is 14.2. The number of hydrogen-bond donors (Lipinski definition) is 0. The monoisotopic (exact) mass is 404 g/mol. The number of anilines is 1. The van der Waals surface area contributed by atoms with Gasteiger partial charge in [0.2, 0.25) is 0 Å². The molecule has 1 aliphatic rings. The lowest BCUT2D eigenvalue weighted by Crippen LogP contribution is -2.38. The van der Waals surface area contributed by atoms with Crippen molar-refractivity contribution in [3.63, 3.8) is 0 Å². The van der Waals surface area contributed by atoms with Crippen molar-refractivity contribution in [1.29, 1.82) is 0 Å². The van der Waals surface area contributed by atoms with Crippen LogP contribution in [0.5, 0.6) is 5.75 Å². The Kier molecular flexibility index (Phi) is 4.90. The van der Waals surface area contributed by atoms with Gasteiger partial charge >= 0.3 is 0 Å². The number of rotatable bonds is 4. The van der Waals surface area contributed by atoms with E-state index in [9.17, 15) is 4.39 Å². The second-order valence-corrected chi connectivity index (χ2v) is 8.31. The fourth-order valence-corrected chi connectivity index (χ4v) is 4.73. The summed E-state index contributed by atoms with van der Waals surface area (Å²) < 4.78 is 20.3. The standard InChI is InChI=1S/C24H21FN2OS/c25-19-7-9-20(10-8-19)28-21-12-14-27(15-13-21)24-26-22-16-18(6-11-23(22)29-24)17-4-2-1-3-5-17/h1-11,16,21H,12-15H2. The molecule has 3 nitrogen and oxygen atoms in total. The molecule has 5 heteroatoms. The molecule has 146 valence electrons. The number of nitrogens with zero attached hydrogens (tertiary/aromatic N) is 2. The first-order valence-electron chi connectivity index (χ1n) is 9.88. The molecule has 0 radical (unpaired) electrons. The summed E-state index contributed by atoms with van der Waals surface area (Å²) in [7, 11) is 0. The maximum absolute atomic E-state index is 13.0. The van der Waals surface area contributed by atoms with Crippen LogP contribution in [0.15, 0.2) is 72.8 Å². The molecular weight excluding hydrogens is 383 g/mol. The second kappa shape index (κ2) is 7.84. The predicted molar refractivity (Wildman–Crippen MR) is 117 cm³/mol. The molecule has 0 amide bonds. The number of thiazole rings is 1. The van der Waals surface area contributed by atoms with Crippen LogP contribution in [-0.4, -0.2) is 24.2 Å². The highest BCUT2D eigenvalue weighted by atomic mass is 32.1. The maximum atomic E-state index is 13.0. The van der Waals surface area contributed by atoms with Crippen LogP contribution in [0, 0.1) is 5.82 Å². The van der Waals surface area contributed by atoms with E-state index < -0.39 is 0 Å². The Morgan fingerprint density at radius 3 is 2.41 bits per heavy atom. The largest absolute Gasteiger partial charge is 0.490 e. The van der Waals surface area contributed by atoms with Gasteiger partial charge in [-0.15, -0.1) is 0 Å². The lowest BCUT2D eigenvalue weighted by molar-refractivity contribution is 0.171. The Morgan fingerprint density at radius 1 is 0.897 bits per heavy atom. The molecule has 0 N–H and O–H groups in total. The van der Waals surface area contributed by atoms with Crippen LogP contribution in [-0.2, 0) is 0 Å². The minimum Gasteiger partial charge on any atom is -0.490 e. The van der Waals surface area contributed by atoms with Crippen molar-refractivity contribution in [2.75, 3.05) is 18.0 Å². The Hall–Kier alpha value is -2.92. The highest BCUT2D eigenvalue weighted by Gasteiger charge is 2.23. The van der Waals surface area contributed by atoms with Crippen LogP contribution in [0.3, 0.4) is 0 Å². The van der Waals surface area contributed by atoms with Crippen molar-refractivity contribution < 1.29 is 9.13 Å². The maximum Gasteiger partial charge on any atom is 0.186 e. The highest BCUT2D eigenvalue weighted by Crippen LogP contribution is 2.33. The van der Waals surface area contributed by atoms with E-state index in [0.29, 0.717) is 0 Å². The summed E-state index contributed by atoms with van der Waals surface area (Å²) in [6.07, 6.45) is 2.03. The topological polar surface area (TPSA) is 25.4 Å². The van der Waals surface area contributed by atoms with E-state index in [1.54, 1.807) is 23.5 Å². The molecule has 29 heavy (non-hydrogen) atoms. The molecule has 0 atom stereocenters. The number of piperidine rings is 1. The van der Waals surface area contributed by atoms with E-state index in [-0.39, 0.29) is 11.9 Å². The zero-order chi connectivity index (χ0) is 19.6. The average Bonchev–Trinajstić information content (AvgIpc) is 3.20. The van der Waals surface area contributed by atoms with Gasteiger partial charge in [0.1, 0.15) is 17.7 Å². The fourth-order valence-electron chi connectivity index (χ4n) is 3.73. The van der Waals surface area contributed by atoms with Crippen LogP contribution in [0.2, 0.25) is 0 Å². The fraction of sp³-hybridized carbons (Fsp3) is 0.208. The van der Waals surface area contributed by atoms with E-state index >= 15 is 0 Å². The third-order valence-electron chi connectivity index (χ3n) is 5.31. The SMILES string of the molecule is Fc1ccc(OC2CCN(c3nc4cc(-c5ccccc5)ccc4s3)CC2)cc1. The molecule has 0 aliphatic carbocycles. The number of benzene rings is 3. The van der Waals surface area contributed by atoms with Crippen molar-refractivity contribution in [3.05, 3.63) is 78.6 Å². The molecule has 1 aliphatic heterocycles. The molecule has 3 aromatic carbocycles. The molecule has 2 heterocycles. The van der Waals surface area contributed by atoms with E-state index in [1.807, 2.05) is 6.07 Å². The van der Waals surface area contributed by atoms with Gasteiger partial charge in [0.05, 0.1) is 10.2 Å². The first kappa shape index (κ1) is 18.1. The minimum absolute atomic E-state index is 0.163. The smallest absolute Gasteiger partial charge is 0.186 e. The van der Waals surface area contributed by atoms with Crippen LogP contribution < -0.4 is 9.64 Å². The second-order valence-electron chi connectivity index (χ2n) is 7.30. The number of fused-ring (bicyclic) bond motifs is 1. The van der Waals surface area contributed by atoms with E-state index in [4.69, 9.17) is 9.72 Å². The molecule has 1 saturated heterocycles. The van der Waals surface area contributed by atoms with Crippen LogP contribution in [0.1, 0.15) is 12.8 Å². The third-order valence-corrected chi connectivity index (χ3v) is 6.41. The highest BCUT2D eigenvalue weighted by molar-refractivity contribution is 7.22. The van der Waals surface area contributed by atoms with E-state index in [1.165, 1.54) is 28.0 Å². The van der Waals surface area contributed by atoms with Crippen molar-refractivity contribution in [1.82, 2.24) is 4.98 Å². The van der Waals surface area contributed by atoms with Crippen LogP contribution >= 0.6 is 11.3 Å². The van der Waals surface area contributed by atoms with E-state index in [0.717, 1.165) is 42.3 Å². The molecule has 1 aromatic heterocycles. The number of aromatic nitrogens is 1. The van der Waals surface area contributed by atoms with Crippen molar-refractivity contribution in [2.45, 2.75) is 18.9 Å². The van der Waals surface area contributed by atoms with Crippen molar-refractivity contribution in [2.24, 2.45) is 0 Å². The van der Waals surface area contributed by atoms with Crippen molar-refractivity contribution >= 4 is 26.7 Å². The Labute approximate surface area is 173 Å². The summed E-state index contributed by atoms with van der Waals surface area (Å²) in [5, 5.41) is 1.07. The molecule has 0 bridgehead atoms. The molecule has 1 fully saturated rings. The summed E-state index contributed by atoms with van der Waals surface area (Å²) in [6, 6.07) is 23.2. The summed E-state index contributed by atoms with van der Waals surface area (Å²) in [6.45, 7) is 1.83. The van der Waals surface area contributed by atoms with Crippen molar-refractivity contribution in [3.8, 4) is 16.9 Å². The predicted octanol–water partition coefficient (Wildman–Crippen LogP) is 6.15. The van der Waals surface area contributed by atoms with Gasteiger partial charge in [-0.05, 0) is 47.5 Å². The zero-order valence-electron chi connectivity index (χ0n) is 15.9. The summed E-state index contributed by atoms with van der Waals surface area (Å²) in [5.74, 6) is 0.497. The van der Waals surface area contributed by atoms with Gasteiger partial charge in [-0.25, -0.2) is 9.37 Å². The Balaban J connectivity index is 1.27. The van der Waals surface area contributed by atoms with Gasteiger partial charge in [-0.3, -0.25) is 0 Å². The minimum atomic E-state index is -0.238. The molecule has 0 saturated carbocycles. The molecule has 5 rings (SSSR count). The summed E-state index contributed by atoms with van der Waals surface area (Å²) >= 11 is 1.75. The third kappa shape index (κ3) is 3.96. The van der Waals surface area contributed by atoms with Gasteiger partial charge in [-0.2, -0.15) is 0 Å². The normalized spacial score (nSPS) is 15.0. The van der Waals surface area contributed by atoms with Gasteiger partial charge < -0.3 is 9.64 Å².